The summed E-state index contributed by atoms with van der Waals surface area (Å²) in [6.07, 6.45) is 0. The fraction of sp³-hybridized carbons (Fsp3) is 0.143. The highest BCUT2D eigenvalue weighted by atomic mass is 79.9. The molecule has 0 radical (unpaired) electrons. The number of nitro benzene ring substituents is 1. The van der Waals surface area contributed by atoms with Gasteiger partial charge in [-0.2, -0.15) is 4.31 Å². The summed E-state index contributed by atoms with van der Waals surface area (Å²) in [5.41, 5.74) is 2.54. The van der Waals surface area contributed by atoms with Crippen molar-refractivity contribution >= 4 is 31.6 Å². The first-order valence-electron chi connectivity index (χ1n) is 8.89. The Kier molecular flexibility index (Phi) is 5.02. The molecular weight excluding hydrogens is 456 g/mol. The van der Waals surface area contributed by atoms with Crippen LogP contribution in [0.25, 0.3) is 0 Å². The number of sulfonamides is 1. The van der Waals surface area contributed by atoms with Crippen LogP contribution in [0.3, 0.4) is 0 Å². The predicted molar refractivity (Wildman–Crippen MR) is 113 cm³/mol. The molecule has 3 atom stereocenters. The number of hydrogen-bond donors (Lipinski definition) is 0. The van der Waals surface area contributed by atoms with Gasteiger partial charge in [-0.1, -0.05) is 57.9 Å². The maximum atomic E-state index is 13.3. The Hall–Kier alpha value is -2.55. The highest BCUT2D eigenvalue weighted by Crippen LogP contribution is 2.58. The van der Waals surface area contributed by atoms with E-state index in [2.05, 4.69) is 15.9 Å². The van der Waals surface area contributed by atoms with Crippen molar-refractivity contribution in [1.82, 2.24) is 4.31 Å². The zero-order valence-corrected chi connectivity index (χ0v) is 17.8. The fourth-order valence-corrected chi connectivity index (χ4v) is 5.46. The maximum absolute atomic E-state index is 13.3. The maximum Gasteiger partial charge on any atom is 0.269 e. The van der Waals surface area contributed by atoms with Crippen molar-refractivity contribution in [1.29, 1.82) is 0 Å². The van der Waals surface area contributed by atoms with Crippen molar-refractivity contribution in [2.24, 2.45) is 0 Å². The largest absolute Gasteiger partial charge is 0.269 e. The molecule has 1 saturated heterocycles. The lowest BCUT2D eigenvalue weighted by atomic mass is 10.0. The van der Waals surface area contributed by atoms with Crippen LogP contribution in [0, 0.1) is 17.0 Å². The SMILES string of the molecule is Cc1ccc(S(=O)(=O)N2[C@@H](c3ccc(Br)cc3)[C@@H]2c2ccc([N+](=O)[O-])cc2)cc1. The molecule has 0 bridgehead atoms. The van der Waals surface area contributed by atoms with E-state index in [0.29, 0.717) is 0 Å². The first-order chi connectivity index (χ1) is 13.8. The van der Waals surface area contributed by atoms with Crippen LogP contribution < -0.4 is 0 Å². The summed E-state index contributed by atoms with van der Waals surface area (Å²) in [7, 11) is -3.73. The first-order valence-corrected chi connectivity index (χ1v) is 11.1. The minimum absolute atomic E-state index is 0.0254. The molecule has 1 fully saturated rings. The summed E-state index contributed by atoms with van der Waals surface area (Å²) < 4.78 is 29.0. The van der Waals surface area contributed by atoms with Crippen LogP contribution in [0.1, 0.15) is 28.8 Å². The Labute approximate surface area is 177 Å². The van der Waals surface area contributed by atoms with E-state index in [1.807, 2.05) is 31.2 Å². The van der Waals surface area contributed by atoms with Crippen LogP contribution in [-0.2, 0) is 10.0 Å². The molecule has 3 aromatic rings. The number of rotatable bonds is 5. The standard InChI is InChI=1S/C21H17BrN2O4S/c1-14-2-12-19(13-3-14)29(27,28)23-20(15-4-8-17(22)9-5-15)21(23)16-6-10-18(11-7-16)24(25)26/h2-13,20-21H,1H3/t20-,21-,23?/m0/s1. The average Bonchev–Trinajstić information content (AvgIpc) is 3.45. The molecule has 6 nitrogen and oxygen atoms in total. The van der Waals surface area contributed by atoms with Gasteiger partial charge in [0.25, 0.3) is 5.69 Å². The lowest BCUT2D eigenvalue weighted by Gasteiger charge is -2.08. The van der Waals surface area contributed by atoms with Crippen molar-refractivity contribution in [2.45, 2.75) is 23.9 Å². The molecule has 148 valence electrons. The van der Waals surface area contributed by atoms with E-state index in [-0.39, 0.29) is 16.6 Å². The molecule has 8 heteroatoms. The third-order valence-corrected chi connectivity index (χ3v) is 7.42. The van der Waals surface area contributed by atoms with Gasteiger partial charge in [0.1, 0.15) is 0 Å². The van der Waals surface area contributed by atoms with Crippen LogP contribution in [-0.4, -0.2) is 17.6 Å². The Morgan fingerprint density at radius 1 is 0.862 bits per heavy atom. The van der Waals surface area contributed by atoms with E-state index in [4.69, 9.17) is 0 Å². The van der Waals surface area contributed by atoms with Gasteiger partial charge in [0.2, 0.25) is 10.0 Å². The van der Waals surface area contributed by atoms with Gasteiger partial charge in [-0.15, -0.1) is 0 Å². The number of nitro groups is 1. The second-order valence-corrected chi connectivity index (χ2v) is 9.70. The Morgan fingerprint density at radius 2 is 1.34 bits per heavy atom. The summed E-state index contributed by atoms with van der Waals surface area (Å²) in [5.74, 6) is 0. The van der Waals surface area contributed by atoms with E-state index >= 15 is 0 Å². The molecule has 0 amide bonds. The van der Waals surface area contributed by atoms with E-state index < -0.39 is 21.0 Å². The van der Waals surface area contributed by atoms with Crippen LogP contribution in [0.15, 0.2) is 82.2 Å². The lowest BCUT2D eigenvalue weighted by molar-refractivity contribution is -0.384. The zero-order valence-electron chi connectivity index (χ0n) is 15.4. The molecule has 0 aliphatic carbocycles. The Morgan fingerprint density at radius 3 is 1.83 bits per heavy atom. The molecule has 0 saturated carbocycles. The van der Waals surface area contributed by atoms with Crippen molar-refractivity contribution in [3.05, 3.63) is 104 Å². The second-order valence-electron chi connectivity index (χ2n) is 6.94. The van der Waals surface area contributed by atoms with E-state index in [1.165, 1.54) is 16.4 Å². The Bertz CT molecular complexity index is 1160. The molecule has 4 rings (SSSR count). The zero-order chi connectivity index (χ0) is 20.8. The van der Waals surface area contributed by atoms with Crippen LogP contribution in [0.2, 0.25) is 0 Å². The molecule has 1 unspecified atom stereocenters. The molecule has 1 aliphatic rings. The smallest absolute Gasteiger partial charge is 0.258 e. The quantitative estimate of drug-likeness (QED) is 0.292. The highest BCUT2D eigenvalue weighted by Gasteiger charge is 2.57. The molecule has 1 aliphatic heterocycles. The average molecular weight is 473 g/mol. The van der Waals surface area contributed by atoms with E-state index in [9.17, 15) is 18.5 Å². The van der Waals surface area contributed by atoms with Gasteiger partial charge in [0.05, 0.1) is 21.9 Å². The summed E-state index contributed by atoms with van der Waals surface area (Å²) in [6.45, 7) is 1.90. The number of benzene rings is 3. The normalized spacial score (nSPS) is 21.0. The fourth-order valence-electron chi connectivity index (χ4n) is 3.45. The third-order valence-electron chi connectivity index (χ3n) is 5.01. The minimum atomic E-state index is -3.73. The number of halogens is 1. The third kappa shape index (κ3) is 3.71. The van der Waals surface area contributed by atoms with Gasteiger partial charge in [0, 0.05) is 16.6 Å². The van der Waals surface area contributed by atoms with Gasteiger partial charge in [-0.25, -0.2) is 8.42 Å². The summed E-state index contributed by atoms with van der Waals surface area (Å²) in [4.78, 5) is 10.7. The summed E-state index contributed by atoms with van der Waals surface area (Å²) >= 11 is 3.40. The number of aryl methyl sites for hydroxylation is 1. The van der Waals surface area contributed by atoms with E-state index in [0.717, 1.165) is 21.2 Å². The highest BCUT2D eigenvalue weighted by molar-refractivity contribution is 9.10. The molecule has 29 heavy (non-hydrogen) atoms. The molecule has 3 aromatic carbocycles. The molecular formula is C21H17BrN2O4S. The Balaban J connectivity index is 1.75. The minimum Gasteiger partial charge on any atom is -0.258 e. The second kappa shape index (κ2) is 7.37. The van der Waals surface area contributed by atoms with Crippen molar-refractivity contribution in [3.8, 4) is 0 Å². The van der Waals surface area contributed by atoms with Crippen LogP contribution in [0.5, 0.6) is 0 Å². The van der Waals surface area contributed by atoms with Crippen LogP contribution in [0.4, 0.5) is 5.69 Å². The van der Waals surface area contributed by atoms with Gasteiger partial charge < -0.3 is 0 Å². The topological polar surface area (TPSA) is 80.3 Å². The van der Waals surface area contributed by atoms with Crippen molar-refractivity contribution in [2.75, 3.05) is 0 Å². The van der Waals surface area contributed by atoms with Gasteiger partial charge in [-0.05, 0) is 42.3 Å². The summed E-state index contributed by atoms with van der Waals surface area (Å²) in [6, 6.07) is 19.6. The van der Waals surface area contributed by atoms with E-state index in [1.54, 1.807) is 36.4 Å². The number of nitrogens with zero attached hydrogens (tertiary/aromatic N) is 2. The first kappa shape index (κ1) is 19.8. The summed E-state index contributed by atoms with van der Waals surface area (Å²) in [5, 5.41) is 10.9. The molecule has 0 spiro atoms. The lowest BCUT2D eigenvalue weighted by Crippen LogP contribution is -2.13. The predicted octanol–water partition coefficient (Wildman–Crippen LogP) is 5.15. The van der Waals surface area contributed by atoms with Crippen molar-refractivity contribution < 1.29 is 13.3 Å². The molecule has 0 aromatic heterocycles. The van der Waals surface area contributed by atoms with Gasteiger partial charge in [-0.3, -0.25) is 10.1 Å². The van der Waals surface area contributed by atoms with Crippen LogP contribution >= 0.6 is 15.9 Å². The van der Waals surface area contributed by atoms with Gasteiger partial charge in [0.15, 0.2) is 0 Å². The molecule has 1 heterocycles. The monoisotopic (exact) mass is 472 g/mol. The number of non-ortho nitro benzene ring substituents is 1. The number of hydrogen-bond acceptors (Lipinski definition) is 4. The molecule has 0 N–H and O–H groups in total. The van der Waals surface area contributed by atoms with Crippen molar-refractivity contribution in [3.63, 3.8) is 0 Å². The van der Waals surface area contributed by atoms with Gasteiger partial charge >= 0.3 is 0 Å².